The minimum atomic E-state index is -0.811. The molecule has 0 bridgehead atoms. The van der Waals surface area contributed by atoms with E-state index in [1.807, 2.05) is 19.1 Å². The first kappa shape index (κ1) is 12.9. The quantitative estimate of drug-likeness (QED) is 0.836. The third-order valence-electron chi connectivity index (χ3n) is 3.14. The van der Waals surface area contributed by atoms with E-state index in [-0.39, 0.29) is 25.7 Å². The first-order valence-electron chi connectivity index (χ1n) is 5.76. The standard InChI is InChI=1S/C13H17NO4/c1-9-3-4-11(17-2)10(5-9)14-12(16)13(6-15)7-18-8-13/h3-5,15H,6-8H2,1-2H3,(H,14,16). The number of aliphatic hydroxyl groups excluding tert-OH is 1. The summed E-state index contributed by atoms with van der Waals surface area (Å²) in [5.74, 6) is 0.363. The molecule has 1 aliphatic heterocycles. The molecular formula is C13H17NO4. The van der Waals surface area contributed by atoms with Gasteiger partial charge < -0.3 is 19.9 Å². The van der Waals surface area contributed by atoms with Gasteiger partial charge in [-0.2, -0.15) is 0 Å². The number of ether oxygens (including phenoxy) is 2. The number of rotatable bonds is 4. The van der Waals surface area contributed by atoms with Gasteiger partial charge in [-0.05, 0) is 24.6 Å². The summed E-state index contributed by atoms with van der Waals surface area (Å²) in [4.78, 5) is 12.1. The maximum absolute atomic E-state index is 12.1. The summed E-state index contributed by atoms with van der Waals surface area (Å²) >= 11 is 0. The molecule has 1 aromatic carbocycles. The van der Waals surface area contributed by atoms with E-state index >= 15 is 0 Å². The molecule has 18 heavy (non-hydrogen) atoms. The minimum Gasteiger partial charge on any atom is -0.495 e. The monoisotopic (exact) mass is 251 g/mol. The van der Waals surface area contributed by atoms with Crippen molar-refractivity contribution < 1.29 is 19.4 Å². The molecule has 1 fully saturated rings. The molecule has 5 heteroatoms. The second-order valence-corrected chi connectivity index (χ2v) is 4.59. The van der Waals surface area contributed by atoms with Crippen molar-refractivity contribution >= 4 is 11.6 Å². The largest absolute Gasteiger partial charge is 0.495 e. The number of carbonyl (C=O) groups excluding carboxylic acids is 1. The van der Waals surface area contributed by atoms with Crippen LogP contribution in [0.25, 0.3) is 0 Å². The zero-order chi connectivity index (χ0) is 13.2. The SMILES string of the molecule is COc1ccc(C)cc1NC(=O)C1(CO)COC1. The third-order valence-corrected chi connectivity index (χ3v) is 3.14. The molecule has 0 spiro atoms. The Morgan fingerprint density at radius 1 is 1.56 bits per heavy atom. The second-order valence-electron chi connectivity index (χ2n) is 4.59. The number of carbonyl (C=O) groups is 1. The van der Waals surface area contributed by atoms with E-state index in [1.165, 1.54) is 0 Å². The Labute approximate surface area is 106 Å². The first-order valence-corrected chi connectivity index (χ1v) is 5.76. The van der Waals surface area contributed by atoms with Crippen molar-refractivity contribution in [3.63, 3.8) is 0 Å². The van der Waals surface area contributed by atoms with Gasteiger partial charge in [0, 0.05) is 0 Å². The Bertz CT molecular complexity index is 449. The summed E-state index contributed by atoms with van der Waals surface area (Å²) in [6, 6.07) is 5.54. The van der Waals surface area contributed by atoms with Crippen LogP contribution in [0, 0.1) is 12.3 Å². The summed E-state index contributed by atoms with van der Waals surface area (Å²) in [5.41, 5.74) is 0.825. The van der Waals surface area contributed by atoms with E-state index in [0.29, 0.717) is 11.4 Å². The second kappa shape index (κ2) is 4.96. The van der Waals surface area contributed by atoms with Crippen LogP contribution in [0.4, 0.5) is 5.69 Å². The highest BCUT2D eigenvalue weighted by Crippen LogP contribution is 2.31. The average molecular weight is 251 g/mol. The van der Waals surface area contributed by atoms with Gasteiger partial charge in [0.1, 0.15) is 11.2 Å². The Balaban J connectivity index is 2.18. The predicted octanol–water partition coefficient (Wildman–Crippen LogP) is 0.951. The van der Waals surface area contributed by atoms with E-state index in [9.17, 15) is 9.90 Å². The highest BCUT2D eigenvalue weighted by Gasteiger charge is 2.45. The van der Waals surface area contributed by atoms with Crippen molar-refractivity contribution in [1.82, 2.24) is 0 Å². The molecule has 1 aliphatic rings. The molecule has 5 nitrogen and oxygen atoms in total. The highest BCUT2D eigenvalue weighted by atomic mass is 16.5. The number of aryl methyl sites for hydroxylation is 1. The molecule has 1 heterocycles. The van der Waals surface area contributed by atoms with Crippen molar-refractivity contribution in [3.05, 3.63) is 23.8 Å². The van der Waals surface area contributed by atoms with Crippen LogP contribution in [0.5, 0.6) is 5.75 Å². The van der Waals surface area contributed by atoms with Crippen molar-refractivity contribution in [1.29, 1.82) is 0 Å². The number of benzene rings is 1. The first-order chi connectivity index (χ1) is 8.61. The van der Waals surface area contributed by atoms with Gasteiger partial charge in [0.25, 0.3) is 0 Å². The number of hydrogen-bond donors (Lipinski definition) is 2. The molecule has 0 unspecified atom stereocenters. The van der Waals surface area contributed by atoms with E-state index in [4.69, 9.17) is 9.47 Å². The maximum atomic E-state index is 12.1. The summed E-state index contributed by atoms with van der Waals surface area (Å²) in [6.07, 6.45) is 0. The van der Waals surface area contributed by atoms with Crippen LogP contribution in [0.15, 0.2) is 18.2 Å². The summed E-state index contributed by atoms with van der Waals surface area (Å²) in [5, 5.41) is 12.1. The summed E-state index contributed by atoms with van der Waals surface area (Å²) < 4.78 is 10.2. The normalized spacial score (nSPS) is 16.8. The van der Waals surface area contributed by atoms with Gasteiger partial charge in [-0.15, -0.1) is 0 Å². The third kappa shape index (κ3) is 2.19. The van der Waals surface area contributed by atoms with E-state index in [0.717, 1.165) is 5.56 Å². The van der Waals surface area contributed by atoms with Crippen LogP contribution >= 0.6 is 0 Å². The molecule has 0 aliphatic carbocycles. The smallest absolute Gasteiger partial charge is 0.237 e. The number of anilines is 1. The van der Waals surface area contributed by atoms with E-state index < -0.39 is 5.41 Å². The van der Waals surface area contributed by atoms with Crippen molar-refractivity contribution in [2.24, 2.45) is 5.41 Å². The number of aliphatic hydroxyl groups is 1. The van der Waals surface area contributed by atoms with Gasteiger partial charge in [0.2, 0.25) is 5.91 Å². The molecular weight excluding hydrogens is 234 g/mol. The zero-order valence-corrected chi connectivity index (χ0v) is 10.5. The lowest BCUT2D eigenvalue weighted by Gasteiger charge is -2.38. The number of hydrogen-bond acceptors (Lipinski definition) is 4. The number of amides is 1. The van der Waals surface area contributed by atoms with Crippen molar-refractivity contribution in [2.45, 2.75) is 6.92 Å². The van der Waals surface area contributed by atoms with Gasteiger partial charge in [-0.3, -0.25) is 4.79 Å². The lowest BCUT2D eigenvalue weighted by atomic mass is 9.86. The molecule has 1 saturated heterocycles. The van der Waals surface area contributed by atoms with E-state index in [2.05, 4.69) is 5.32 Å². The molecule has 0 aromatic heterocycles. The molecule has 0 saturated carbocycles. The summed E-state index contributed by atoms with van der Waals surface area (Å²) in [6.45, 7) is 2.23. The minimum absolute atomic E-state index is 0.215. The highest BCUT2D eigenvalue weighted by molar-refractivity contribution is 5.97. The fraction of sp³-hybridized carbons (Fsp3) is 0.462. The van der Waals surface area contributed by atoms with Gasteiger partial charge in [-0.25, -0.2) is 0 Å². The molecule has 98 valence electrons. The number of methoxy groups -OCH3 is 1. The summed E-state index contributed by atoms with van der Waals surface area (Å²) in [7, 11) is 1.55. The topological polar surface area (TPSA) is 67.8 Å². The fourth-order valence-electron chi connectivity index (χ4n) is 1.82. The molecule has 0 atom stereocenters. The molecule has 0 radical (unpaired) electrons. The van der Waals surface area contributed by atoms with Crippen LogP contribution in [-0.4, -0.2) is 37.9 Å². The lowest BCUT2D eigenvalue weighted by Crippen LogP contribution is -2.54. The predicted molar refractivity (Wildman–Crippen MR) is 66.7 cm³/mol. The molecule has 2 rings (SSSR count). The molecule has 2 N–H and O–H groups in total. The Kier molecular flexibility index (Phi) is 3.54. The van der Waals surface area contributed by atoms with Crippen molar-refractivity contribution in [3.8, 4) is 5.75 Å². The van der Waals surface area contributed by atoms with Gasteiger partial charge >= 0.3 is 0 Å². The molecule has 1 aromatic rings. The Hall–Kier alpha value is -1.59. The van der Waals surface area contributed by atoms with E-state index in [1.54, 1.807) is 13.2 Å². The van der Waals surface area contributed by atoms with Crippen LogP contribution < -0.4 is 10.1 Å². The van der Waals surface area contributed by atoms with Gasteiger partial charge in [0.15, 0.2) is 0 Å². The fourth-order valence-corrected chi connectivity index (χ4v) is 1.82. The number of nitrogens with one attached hydrogen (secondary N) is 1. The van der Waals surface area contributed by atoms with Gasteiger partial charge in [0.05, 0.1) is 32.6 Å². The average Bonchev–Trinajstić information content (AvgIpc) is 2.28. The van der Waals surface area contributed by atoms with Crippen LogP contribution in [0.2, 0.25) is 0 Å². The van der Waals surface area contributed by atoms with Crippen LogP contribution in [0.1, 0.15) is 5.56 Å². The Morgan fingerprint density at radius 3 is 2.78 bits per heavy atom. The maximum Gasteiger partial charge on any atom is 0.237 e. The van der Waals surface area contributed by atoms with Crippen LogP contribution in [0.3, 0.4) is 0 Å². The van der Waals surface area contributed by atoms with Crippen molar-refractivity contribution in [2.75, 3.05) is 32.2 Å². The molecule has 1 amide bonds. The zero-order valence-electron chi connectivity index (χ0n) is 10.5. The van der Waals surface area contributed by atoms with Gasteiger partial charge in [-0.1, -0.05) is 6.07 Å². The lowest BCUT2D eigenvalue weighted by molar-refractivity contribution is -0.164. The van der Waals surface area contributed by atoms with Crippen LogP contribution in [-0.2, 0) is 9.53 Å². The Morgan fingerprint density at radius 2 is 2.28 bits per heavy atom.